The molecule has 0 atom stereocenters. The highest BCUT2D eigenvalue weighted by Crippen LogP contribution is 2.37. The van der Waals surface area contributed by atoms with Crippen molar-refractivity contribution in [2.75, 3.05) is 13.2 Å². The molecule has 138 valence electrons. The summed E-state index contributed by atoms with van der Waals surface area (Å²) >= 11 is 1.07. The molecule has 0 aromatic heterocycles. The molecule has 3 nitrogen and oxygen atoms in total. The fraction of sp³-hybridized carbons (Fsp3) is 0.167. The van der Waals surface area contributed by atoms with Crippen LogP contribution >= 0.6 is 11.8 Å². The smallest absolute Gasteiger partial charge is 0.395 e. The summed E-state index contributed by atoms with van der Waals surface area (Å²) in [4.78, 5) is 12.4. The number of benzene rings is 2. The number of hydrogen-bond donors (Lipinski definition) is 2. The Kier molecular flexibility index (Phi) is 6.82. The number of aliphatic hydroxyl groups excluding tert-OH is 1. The van der Waals surface area contributed by atoms with Gasteiger partial charge in [-0.25, -0.2) is 4.39 Å². The zero-order valence-corrected chi connectivity index (χ0v) is 14.2. The molecule has 1 amide bonds. The third kappa shape index (κ3) is 5.89. The molecule has 0 unspecified atom stereocenters. The molecule has 0 heterocycles. The van der Waals surface area contributed by atoms with E-state index in [4.69, 9.17) is 5.11 Å². The molecule has 2 aromatic rings. The SMILES string of the molecule is O=C(/C=C/c1ccc(Sc2ccc(F)cc2)cc1C(F)(F)F)NCCO. The molecule has 0 saturated carbocycles. The number of amides is 1. The average molecular weight is 385 g/mol. The van der Waals surface area contributed by atoms with E-state index >= 15 is 0 Å². The summed E-state index contributed by atoms with van der Waals surface area (Å²) in [6, 6.07) is 9.17. The lowest BCUT2D eigenvalue weighted by molar-refractivity contribution is -0.137. The van der Waals surface area contributed by atoms with Crippen LogP contribution in [-0.4, -0.2) is 24.2 Å². The van der Waals surface area contributed by atoms with Crippen molar-refractivity contribution in [1.29, 1.82) is 0 Å². The highest BCUT2D eigenvalue weighted by atomic mass is 32.2. The molecule has 2 N–H and O–H groups in total. The Bertz CT molecular complexity index is 789. The van der Waals surface area contributed by atoms with Crippen LogP contribution in [0.15, 0.2) is 58.3 Å². The van der Waals surface area contributed by atoms with Crippen LogP contribution in [0.3, 0.4) is 0 Å². The van der Waals surface area contributed by atoms with Gasteiger partial charge in [0.15, 0.2) is 0 Å². The molecule has 0 aliphatic heterocycles. The fourth-order valence-corrected chi connectivity index (χ4v) is 2.89. The van der Waals surface area contributed by atoms with Crippen molar-refractivity contribution in [1.82, 2.24) is 5.32 Å². The van der Waals surface area contributed by atoms with Gasteiger partial charge in [-0.3, -0.25) is 4.79 Å². The summed E-state index contributed by atoms with van der Waals surface area (Å²) in [5.74, 6) is -1.03. The predicted molar refractivity (Wildman–Crippen MR) is 91.1 cm³/mol. The van der Waals surface area contributed by atoms with Gasteiger partial charge >= 0.3 is 6.18 Å². The second-order valence-corrected chi connectivity index (χ2v) is 6.30. The number of hydrogen-bond acceptors (Lipinski definition) is 3. The first kappa shape index (κ1) is 20.0. The maximum atomic E-state index is 13.3. The van der Waals surface area contributed by atoms with E-state index in [0.717, 1.165) is 30.0 Å². The van der Waals surface area contributed by atoms with Gasteiger partial charge in [0, 0.05) is 22.4 Å². The molecule has 0 fully saturated rings. The van der Waals surface area contributed by atoms with E-state index in [1.165, 1.54) is 36.4 Å². The van der Waals surface area contributed by atoms with E-state index < -0.39 is 23.5 Å². The standard InChI is InChI=1S/C18H15F4NO2S/c19-13-3-6-14(7-4-13)26-15-5-1-12(16(11-15)18(20,21)22)2-8-17(25)23-9-10-24/h1-8,11,24H,9-10H2,(H,23,25)/b8-2+. The van der Waals surface area contributed by atoms with Crippen LogP contribution in [0.25, 0.3) is 6.08 Å². The van der Waals surface area contributed by atoms with Crippen LogP contribution in [0.5, 0.6) is 0 Å². The summed E-state index contributed by atoms with van der Waals surface area (Å²) in [6.07, 6.45) is -2.55. The molecule has 2 rings (SSSR count). The van der Waals surface area contributed by atoms with E-state index in [1.54, 1.807) is 0 Å². The largest absolute Gasteiger partial charge is 0.417 e. The second-order valence-electron chi connectivity index (χ2n) is 5.15. The molecule has 8 heteroatoms. The van der Waals surface area contributed by atoms with E-state index in [9.17, 15) is 22.4 Å². The Hall–Kier alpha value is -2.32. The molecule has 0 bridgehead atoms. The maximum Gasteiger partial charge on any atom is 0.417 e. The highest BCUT2D eigenvalue weighted by Gasteiger charge is 2.33. The summed E-state index contributed by atoms with van der Waals surface area (Å²) in [5, 5.41) is 10.9. The topological polar surface area (TPSA) is 49.3 Å². The minimum absolute atomic E-state index is 0.0164. The van der Waals surface area contributed by atoms with E-state index in [-0.39, 0.29) is 18.7 Å². The lowest BCUT2D eigenvalue weighted by atomic mass is 10.1. The molecule has 0 saturated heterocycles. The first-order chi connectivity index (χ1) is 12.3. The average Bonchev–Trinajstić information content (AvgIpc) is 2.60. The Labute approximate surface area is 151 Å². The Morgan fingerprint density at radius 3 is 2.38 bits per heavy atom. The molecule has 0 aliphatic rings. The minimum atomic E-state index is -4.60. The van der Waals surface area contributed by atoms with E-state index in [0.29, 0.717) is 9.79 Å². The van der Waals surface area contributed by atoms with Crippen LogP contribution in [0.2, 0.25) is 0 Å². The second kappa shape index (κ2) is 8.86. The van der Waals surface area contributed by atoms with E-state index in [1.807, 2.05) is 0 Å². The van der Waals surface area contributed by atoms with Gasteiger partial charge in [-0.1, -0.05) is 17.8 Å². The highest BCUT2D eigenvalue weighted by molar-refractivity contribution is 7.99. The van der Waals surface area contributed by atoms with E-state index in [2.05, 4.69) is 5.32 Å². The van der Waals surface area contributed by atoms with Crippen molar-refractivity contribution in [2.45, 2.75) is 16.0 Å². The summed E-state index contributed by atoms with van der Waals surface area (Å²) in [5.41, 5.74) is -1.03. The Morgan fingerprint density at radius 2 is 1.77 bits per heavy atom. The third-order valence-electron chi connectivity index (χ3n) is 3.20. The van der Waals surface area contributed by atoms with Crippen molar-refractivity contribution in [3.63, 3.8) is 0 Å². The number of rotatable bonds is 6. The quantitative estimate of drug-likeness (QED) is 0.581. The lowest BCUT2D eigenvalue weighted by Crippen LogP contribution is -2.24. The van der Waals surface area contributed by atoms with Crippen molar-refractivity contribution >= 4 is 23.7 Å². The van der Waals surface area contributed by atoms with Gasteiger partial charge in [0.1, 0.15) is 5.82 Å². The number of halogens is 4. The molecular formula is C18H15F4NO2S. The number of aliphatic hydroxyl groups is 1. The van der Waals surface area contributed by atoms with Crippen molar-refractivity contribution in [3.8, 4) is 0 Å². The number of carbonyl (C=O) groups excluding carboxylic acids is 1. The Morgan fingerprint density at radius 1 is 1.12 bits per heavy atom. The van der Waals surface area contributed by atoms with Gasteiger partial charge in [-0.2, -0.15) is 13.2 Å². The van der Waals surface area contributed by atoms with Crippen LogP contribution in [-0.2, 0) is 11.0 Å². The van der Waals surface area contributed by atoms with Crippen LogP contribution in [0, 0.1) is 5.82 Å². The fourth-order valence-electron chi connectivity index (χ4n) is 2.03. The van der Waals surface area contributed by atoms with Gasteiger partial charge in [0.2, 0.25) is 5.91 Å². The normalized spacial score (nSPS) is 11.7. The zero-order valence-electron chi connectivity index (χ0n) is 13.4. The monoisotopic (exact) mass is 385 g/mol. The first-order valence-electron chi connectivity index (χ1n) is 7.51. The Balaban J connectivity index is 2.25. The molecule has 0 aliphatic carbocycles. The molecule has 0 radical (unpaired) electrons. The van der Waals surface area contributed by atoms with Crippen LogP contribution in [0.1, 0.15) is 11.1 Å². The molecular weight excluding hydrogens is 370 g/mol. The van der Waals surface area contributed by atoms with Crippen molar-refractivity contribution in [2.24, 2.45) is 0 Å². The third-order valence-corrected chi connectivity index (χ3v) is 4.20. The predicted octanol–water partition coefficient (Wildman–Crippen LogP) is 4.12. The maximum absolute atomic E-state index is 13.3. The van der Waals surface area contributed by atoms with Gasteiger partial charge < -0.3 is 10.4 Å². The van der Waals surface area contributed by atoms with Crippen LogP contribution in [0.4, 0.5) is 17.6 Å². The van der Waals surface area contributed by atoms with Gasteiger partial charge in [0.05, 0.1) is 12.2 Å². The number of carbonyl (C=O) groups is 1. The number of alkyl halides is 3. The van der Waals surface area contributed by atoms with Gasteiger partial charge in [-0.05, 0) is 48.0 Å². The van der Waals surface area contributed by atoms with Crippen molar-refractivity contribution in [3.05, 3.63) is 65.5 Å². The molecule has 0 spiro atoms. The minimum Gasteiger partial charge on any atom is -0.395 e. The van der Waals surface area contributed by atoms with Crippen LogP contribution < -0.4 is 5.32 Å². The summed E-state index contributed by atoms with van der Waals surface area (Å²) < 4.78 is 52.9. The summed E-state index contributed by atoms with van der Waals surface area (Å²) in [6.45, 7) is -0.245. The molecule has 2 aromatic carbocycles. The summed E-state index contributed by atoms with van der Waals surface area (Å²) in [7, 11) is 0. The lowest BCUT2D eigenvalue weighted by Gasteiger charge is -2.12. The van der Waals surface area contributed by atoms with Gasteiger partial charge in [-0.15, -0.1) is 0 Å². The van der Waals surface area contributed by atoms with Gasteiger partial charge in [0.25, 0.3) is 0 Å². The first-order valence-corrected chi connectivity index (χ1v) is 8.32. The zero-order chi connectivity index (χ0) is 19.2. The number of nitrogens with one attached hydrogen (secondary N) is 1. The van der Waals surface area contributed by atoms with Crippen molar-refractivity contribution < 1.29 is 27.5 Å². The molecule has 26 heavy (non-hydrogen) atoms.